The van der Waals surface area contributed by atoms with E-state index in [-0.39, 0.29) is 18.4 Å². The fourth-order valence-electron chi connectivity index (χ4n) is 4.18. The number of halogens is 1. The second-order valence-corrected chi connectivity index (χ2v) is 13.2. The molecule has 4 heterocycles. The largest absolute Gasteiger partial charge is 0.395 e. The Morgan fingerprint density at radius 1 is 1.23 bits per heavy atom. The van der Waals surface area contributed by atoms with Crippen molar-refractivity contribution in [3.63, 3.8) is 0 Å². The lowest BCUT2D eigenvalue weighted by atomic mass is 9.94. The molecular weight excluding hydrogens is 514 g/mol. The Hall–Kier alpha value is -1.54. The summed E-state index contributed by atoms with van der Waals surface area (Å²) in [6, 6.07) is 5.60. The number of carbonyl (C=O) groups is 1. The van der Waals surface area contributed by atoms with Crippen LogP contribution >= 0.6 is 22.9 Å². The zero-order valence-corrected chi connectivity index (χ0v) is 22.3. The standard InChI is InChI=1S/C22H32ClN5O5S2/c1-22(2,15-29)21(30)28-20(24-14-17-3-4-19(23)34-17)13-18(25-28)16-5-7-26(8-6-16)35(31,32)27-9-11-33-12-10-27/h3-4,13,16,24,29H,5-12,14-15H2,1-2H3. The fourth-order valence-corrected chi connectivity index (χ4v) is 6.82. The fraction of sp³-hybridized carbons (Fsp3) is 0.636. The van der Waals surface area contributed by atoms with Crippen molar-refractivity contribution in [2.75, 3.05) is 51.3 Å². The van der Waals surface area contributed by atoms with Gasteiger partial charge in [0, 0.05) is 43.0 Å². The Labute approximate surface area is 215 Å². The van der Waals surface area contributed by atoms with Gasteiger partial charge in [0.15, 0.2) is 0 Å². The first-order chi connectivity index (χ1) is 16.6. The SMILES string of the molecule is CC(C)(CO)C(=O)n1nc(C2CCN(S(=O)(=O)N3CCOCC3)CC2)cc1NCc1ccc(Cl)s1. The maximum atomic E-state index is 13.2. The number of ether oxygens (including phenoxy) is 1. The van der Waals surface area contributed by atoms with Crippen molar-refractivity contribution >= 4 is 44.9 Å². The van der Waals surface area contributed by atoms with Gasteiger partial charge in [0.25, 0.3) is 16.1 Å². The lowest BCUT2D eigenvalue weighted by Gasteiger charge is -2.35. The summed E-state index contributed by atoms with van der Waals surface area (Å²) in [4.78, 5) is 14.2. The maximum absolute atomic E-state index is 13.2. The third-order valence-electron chi connectivity index (χ3n) is 6.46. The van der Waals surface area contributed by atoms with E-state index in [1.165, 1.54) is 24.6 Å². The van der Waals surface area contributed by atoms with Gasteiger partial charge in [0.05, 0.1) is 41.8 Å². The Morgan fingerprint density at radius 2 is 1.89 bits per heavy atom. The van der Waals surface area contributed by atoms with Crippen LogP contribution in [0.3, 0.4) is 0 Å². The molecule has 2 aliphatic rings. The van der Waals surface area contributed by atoms with Gasteiger partial charge in [0.2, 0.25) is 0 Å². The molecule has 194 valence electrons. The minimum Gasteiger partial charge on any atom is -0.395 e. The van der Waals surface area contributed by atoms with E-state index in [4.69, 9.17) is 16.3 Å². The molecule has 0 aliphatic carbocycles. The molecule has 10 nitrogen and oxygen atoms in total. The number of anilines is 1. The highest BCUT2D eigenvalue weighted by Crippen LogP contribution is 2.32. The summed E-state index contributed by atoms with van der Waals surface area (Å²) in [5.41, 5.74) is -0.260. The van der Waals surface area contributed by atoms with E-state index in [9.17, 15) is 18.3 Å². The average Bonchev–Trinajstić information content (AvgIpc) is 3.48. The highest BCUT2D eigenvalue weighted by molar-refractivity contribution is 7.86. The summed E-state index contributed by atoms with van der Waals surface area (Å²) in [6.45, 7) is 5.89. The van der Waals surface area contributed by atoms with Crippen molar-refractivity contribution in [2.24, 2.45) is 5.41 Å². The van der Waals surface area contributed by atoms with Gasteiger partial charge < -0.3 is 15.2 Å². The van der Waals surface area contributed by atoms with Gasteiger partial charge in [-0.05, 0) is 38.8 Å². The molecular formula is C22H32ClN5O5S2. The number of thiophene rings is 1. The number of rotatable bonds is 8. The number of hydrogen-bond donors (Lipinski definition) is 2. The van der Waals surface area contributed by atoms with Crippen molar-refractivity contribution in [3.05, 3.63) is 33.1 Å². The Morgan fingerprint density at radius 3 is 2.49 bits per heavy atom. The molecule has 2 aromatic rings. The minimum atomic E-state index is -3.51. The number of nitrogens with zero attached hydrogens (tertiary/aromatic N) is 4. The molecule has 0 atom stereocenters. The van der Waals surface area contributed by atoms with Crippen LogP contribution in [0.2, 0.25) is 4.34 Å². The number of morpholine rings is 1. The zero-order chi connectivity index (χ0) is 25.2. The minimum absolute atomic E-state index is 0.0224. The van der Waals surface area contributed by atoms with E-state index in [2.05, 4.69) is 10.4 Å². The van der Waals surface area contributed by atoms with Crippen molar-refractivity contribution in [3.8, 4) is 0 Å². The molecule has 0 aromatic carbocycles. The van der Waals surface area contributed by atoms with Crippen molar-refractivity contribution in [1.82, 2.24) is 18.4 Å². The first-order valence-corrected chi connectivity index (χ1v) is 14.3. The molecule has 0 amide bonds. The molecule has 2 N–H and O–H groups in total. The van der Waals surface area contributed by atoms with Crippen LogP contribution in [-0.4, -0.2) is 83.8 Å². The van der Waals surface area contributed by atoms with E-state index < -0.39 is 15.6 Å². The van der Waals surface area contributed by atoms with Gasteiger partial charge in [-0.15, -0.1) is 11.3 Å². The summed E-state index contributed by atoms with van der Waals surface area (Å²) in [7, 11) is -3.51. The topological polar surface area (TPSA) is 117 Å². The lowest BCUT2D eigenvalue weighted by molar-refractivity contribution is 0.0615. The van der Waals surface area contributed by atoms with Gasteiger partial charge in [0.1, 0.15) is 5.82 Å². The second kappa shape index (κ2) is 10.8. The van der Waals surface area contributed by atoms with Gasteiger partial charge >= 0.3 is 0 Å². The molecule has 2 fully saturated rings. The van der Waals surface area contributed by atoms with E-state index >= 15 is 0 Å². The Kier molecular flexibility index (Phi) is 8.21. The van der Waals surface area contributed by atoms with Crippen LogP contribution in [0, 0.1) is 5.41 Å². The molecule has 0 radical (unpaired) electrons. The highest BCUT2D eigenvalue weighted by Gasteiger charge is 2.36. The normalized spacial score (nSPS) is 19.2. The number of aromatic nitrogens is 2. The van der Waals surface area contributed by atoms with Gasteiger partial charge in [-0.2, -0.15) is 26.8 Å². The predicted octanol–water partition coefficient (Wildman–Crippen LogP) is 2.63. The summed E-state index contributed by atoms with van der Waals surface area (Å²) in [6.07, 6.45) is 1.22. The van der Waals surface area contributed by atoms with Gasteiger partial charge in [-0.25, -0.2) is 0 Å². The van der Waals surface area contributed by atoms with Gasteiger partial charge in [-0.1, -0.05) is 11.6 Å². The zero-order valence-electron chi connectivity index (χ0n) is 19.9. The summed E-state index contributed by atoms with van der Waals surface area (Å²) in [5, 5.41) is 17.6. The molecule has 2 saturated heterocycles. The van der Waals surface area contributed by atoms with Crippen LogP contribution in [0.1, 0.15) is 48.0 Å². The second-order valence-electron chi connectivity index (χ2n) is 9.47. The van der Waals surface area contributed by atoms with Crippen molar-refractivity contribution in [2.45, 2.75) is 39.2 Å². The molecule has 4 rings (SSSR count). The van der Waals surface area contributed by atoms with Crippen LogP contribution in [0.4, 0.5) is 5.82 Å². The quantitative estimate of drug-likeness (QED) is 0.523. The van der Waals surface area contributed by atoms with Gasteiger partial charge in [-0.3, -0.25) is 4.79 Å². The molecule has 2 aromatic heterocycles. The first-order valence-electron chi connectivity index (χ1n) is 11.7. The van der Waals surface area contributed by atoms with E-state index in [0.29, 0.717) is 68.9 Å². The van der Waals surface area contributed by atoms with Crippen LogP contribution in [0.15, 0.2) is 18.2 Å². The average molecular weight is 546 g/mol. The van der Waals surface area contributed by atoms with E-state index in [1.54, 1.807) is 13.8 Å². The molecule has 0 bridgehead atoms. The lowest BCUT2D eigenvalue weighted by Crippen LogP contribution is -2.50. The van der Waals surface area contributed by atoms with Crippen molar-refractivity contribution in [1.29, 1.82) is 0 Å². The van der Waals surface area contributed by atoms with Crippen LogP contribution in [0.5, 0.6) is 0 Å². The predicted molar refractivity (Wildman–Crippen MR) is 135 cm³/mol. The summed E-state index contributed by atoms with van der Waals surface area (Å²) in [5.74, 6) is 0.249. The third kappa shape index (κ3) is 5.90. The van der Waals surface area contributed by atoms with Crippen LogP contribution in [-0.2, 0) is 21.5 Å². The monoisotopic (exact) mass is 545 g/mol. The summed E-state index contributed by atoms with van der Waals surface area (Å²) >= 11 is 7.49. The number of nitrogens with one attached hydrogen (secondary N) is 1. The highest BCUT2D eigenvalue weighted by atomic mass is 35.5. The van der Waals surface area contributed by atoms with Crippen molar-refractivity contribution < 1.29 is 23.1 Å². The smallest absolute Gasteiger partial charge is 0.282 e. The third-order valence-corrected chi connectivity index (χ3v) is 9.73. The van der Waals surface area contributed by atoms with Crippen LogP contribution < -0.4 is 5.32 Å². The number of hydrogen-bond acceptors (Lipinski definition) is 8. The maximum Gasteiger partial charge on any atom is 0.282 e. The number of aliphatic hydroxyl groups is 1. The molecule has 0 unspecified atom stereocenters. The molecule has 0 saturated carbocycles. The first kappa shape index (κ1) is 26.5. The number of piperidine rings is 1. The van der Waals surface area contributed by atoms with E-state index in [0.717, 1.165) is 10.6 Å². The molecule has 0 spiro atoms. The van der Waals surface area contributed by atoms with Crippen LogP contribution in [0.25, 0.3) is 0 Å². The molecule has 13 heteroatoms. The number of aliphatic hydroxyl groups excluding tert-OH is 1. The summed E-state index contributed by atoms with van der Waals surface area (Å²) < 4.78 is 36.3. The Bertz CT molecular complexity index is 1140. The molecule has 35 heavy (non-hydrogen) atoms. The number of carbonyl (C=O) groups excluding carboxylic acids is 1. The Balaban J connectivity index is 1.49. The molecule has 2 aliphatic heterocycles. The van der Waals surface area contributed by atoms with E-state index in [1.807, 2.05) is 18.2 Å².